The van der Waals surface area contributed by atoms with Gasteiger partial charge >= 0.3 is 0 Å². The summed E-state index contributed by atoms with van der Waals surface area (Å²) in [5.74, 6) is 0.851. The van der Waals surface area contributed by atoms with E-state index in [2.05, 4.69) is 46.3 Å². The fourth-order valence-corrected chi connectivity index (χ4v) is 3.17. The Balaban J connectivity index is 1.76. The van der Waals surface area contributed by atoms with Crippen LogP contribution in [0.15, 0.2) is 47.6 Å². The fourth-order valence-electron chi connectivity index (χ4n) is 3.01. The maximum absolute atomic E-state index is 11.9. The Morgan fingerprint density at radius 2 is 2.00 bits per heavy atom. The maximum atomic E-state index is 11.9. The van der Waals surface area contributed by atoms with Crippen LogP contribution >= 0.6 is 12.6 Å². The lowest BCUT2D eigenvalue weighted by Gasteiger charge is -2.10. The molecule has 24 heavy (non-hydrogen) atoms. The van der Waals surface area contributed by atoms with Crippen molar-refractivity contribution in [1.82, 2.24) is 20.1 Å². The Hall–Kier alpha value is -2.60. The van der Waals surface area contributed by atoms with Crippen molar-refractivity contribution in [1.29, 1.82) is 0 Å². The van der Waals surface area contributed by atoms with E-state index in [1.807, 2.05) is 35.9 Å². The van der Waals surface area contributed by atoms with Crippen LogP contribution in [0.5, 0.6) is 0 Å². The molecule has 0 aliphatic carbocycles. The Morgan fingerprint density at radius 1 is 1.17 bits per heavy atom. The number of thiol groups is 1. The van der Waals surface area contributed by atoms with Crippen molar-refractivity contribution in [3.63, 3.8) is 0 Å². The van der Waals surface area contributed by atoms with Gasteiger partial charge in [0.05, 0.1) is 0 Å². The number of fused-ring (bicyclic) bond motifs is 1. The van der Waals surface area contributed by atoms with E-state index < -0.39 is 0 Å². The van der Waals surface area contributed by atoms with E-state index in [0.29, 0.717) is 18.1 Å². The Kier molecular flexibility index (Phi) is 3.61. The van der Waals surface area contributed by atoms with E-state index in [9.17, 15) is 4.79 Å². The number of carbonyl (C=O) groups is 1. The van der Waals surface area contributed by atoms with E-state index in [1.165, 1.54) is 0 Å². The molecule has 0 saturated heterocycles. The summed E-state index contributed by atoms with van der Waals surface area (Å²) < 4.78 is 1.87. The number of aromatic nitrogens is 3. The van der Waals surface area contributed by atoms with Crippen LogP contribution in [0.2, 0.25) is 0 Å². The first-order chi connectivity index (χ1) is 11.6. The van der Waals surface area contributed by atoms with Gasteiger partial charge in [0.25, 0.3) is 5.91 Å². The lowest BCUT2D eigenvalue weighted by Crippen LogP contribution is -2.12. The van der Waals surface area contributed by atoms with Crippen LogP contribution in [0, 0.1) is 0 Å². The van der Waals surface area contributed by atoms with Crippen molar-refractivity contribution in [2.24, 2.45) is 7.05 Å². The van der Waals surface area contributed by atoms with Crippen molar-refractivity contribution in [2.45, 2.75) is 18.1 Å². The van der Waals surface area contributed by atoms with Gasteiger partial charge in [-0.2, -0.15) is 0 Å². The fraction of sp³-hybridized carbons (Fsp3) is 0.167. The van der Waals surface area contributed by atoms with Crippen molar-refractivity contribution in [3.8, 4) is 11.1 Å². The first-order valence-corrected chi connectivity index (χ1v) is 8.15. The Morgan fingerprint density at radius 3 is 2.79 bits per heavy atom. The molecule has 1 amide bonds. The second kappa shape index (κ2) is 5.79. The summed E-state index contributed by atoms with van der Waals surface area (Å²) in [6.07, 6.45) is 0.656. The molecule has 0 unspecified atom stereocenters. The number of benzene rings is 2. The summed E-state index contributed by atoms with van der Waals surface area (Å²) in [6, 6.07) is 14.2. The van der Waals surface area contributed by atoms with Gasteiger partial charge in [-0.05, 0) is 28.3 Å². The minimum absolute atomic E-state index is 0.00246. The van der Waals surface area contributed by atoms with Crippen LogP contribution in [-0.2, 0) is 20.0 Å². The average Bonchev–Trinajstić information content (AvgIpc) is 3.12. The molecular formula is C18H16N4OS. The standard InChI is InChI=1S/C18H16N4OS/c1-22-16(20-21-18(22)24)9-11-4-2-3-5-14(11)12-6-7-13-10-19-17(23)15(13)8-12/h2-8H,9-10H2,1H3,(H,19,23)(H,21,24). The molecule has 0 saturated carbocycles. The molecule has 1 aromatic heterocycles. The van der Waals surface area contributed by atoms with E-state index >= 15 is 0 Å². The number of hydrogen-bond donors (Lipinski definition) is 2. The highest BCUT2D eigenvalue weighted by atomic mass is 32.1. The quantitative estimate of drug-likeness (QED) is 0.723. The van der Waals surface area contributed by atoms with Gasteiger partial charge in [0.15, 0.2) is 5.16 Å². The normalized spacial score (nSPS) is 13.0. The highest BCUT2D eigenvalue weighted by Crippen LogP contribution is 2.29. The van der Waals surface area contributed by atoms with Gasteiger partial charge in [0.1, 0.15) is 5.82 Å². The summed E-state index contributed by atoms with van der Waals surface area (Å²) in [6.45, 7) is 0.611. The zero-order valence-electron chi connectivity index (χ0n) is 13.2. The van der Waals surface area contributed by atoms with E-state index in [0.717, 1.165) is 33.6 Å². The highest BCUT2D eigenvalue weighted by Gasteiger charge is 2.19. The molecule has 4 rings (SSSR count). The van der Waals surface area contributed by atoms with E-state index in [4.69, 9.17) is 0 Å². The molecule has 1 aliphatic heterocycles. The molecule has 3 aromatic rings. The summed E-state index contributed by atoms with van der Waals surface area (Å²) in [7, 11) is 1.90. The summed E-state index contributed by atoms with van der Waals surface area (Å²) in [5.41, 5.74) is 5.09. The summed E-state index contributed by atoms with van der Waals surface area (Å²) in [4.78, 5) is 11.9. The molecule has 0 spiro atoms. The third-order valence-corrected chi connectivity index (χ3v) is 4.80. The molecule has 0 bridgehead atoms. The SMILES string of the molecule is Cn1c(S)nnc1Cc1ccccc1-c1ccc2c(c1)C(=O)NC2. The van der Waals surface area contributed by atoms with Gasteiger partial charge in [-0.3, -0.25) is 4.79 Å². The first kappa shape index (κ1) is 15.0. The Labute approximate surface area is 145 Å². The van der Waals surface area contributed by atoms with Crippen molar-refractivity contribution in [2.75, 3.05) is 0 Å². The summed E-state index contributed by atoms with van der Waals surface area (Å²) in [5, 5.41) is 11.6. The molecular weight excluding hydrogens is 320 g/mol. The van der Waals surface area contributed by atoms with Gasteiger partial charge in [-0.15, -0.1) is 22.8 Å². The van der Waals surface area contributed by atoms with E-state index in [1.54, 1.807) is 0 Å². The van der Waals surface area contributed by atoms with E-state index in [-0.39, 0.29) is 5.91 Å². The van der Waals surface area contributed by atoms with Crippen LogP contribution in [0.25, 0.3) is 11.1 Å². The number of amides is 1. The van der Waals surface area contributed by atoms with Crippen LogP contribution in [0.4, 0.5) is 0 Å². The molecule has 0 radical (unpaired) electrons. The lowest BCUT2D eigenvalue weighted by molar-refractivity contribution is 0.0966. The zero-order chi connectivity index (χ0) is 16.7. The van der Waals surface area contributed by atoms with Gasteiger partial charge in [0, 0.05) is 25.6 Å². The van der Waals surface area contributed by atoms with Gasteiger partial charge in [0.2, 0.25) is 0 Å². The van der Waals surface area contributed by atoms with Gasteiger partial charge in [-0.1, -0.05) is 36.4 Å². The smallest absolute Gasteiger partial charge is 0.251 e. The molecule has 0 fully saturated rings. The third-order valence-electron chi connectivity index (χ3n) is 4.41. The van der Waals surface area contributed by atoms with Crippen LogP contribution in [-0.4, -0.2) is 20.7 Å². The highest BCUT2D eigenvalue weighted by molar-refractivity contribution is 7.80. The lowest BCUT2D eigenvalue weighted by atomic mass is 9.95. The molecule has 6 heteroatoms. The zero-order valence-corrected chi connectivity index (χ0v) is 14.0. The van der Waals surface area contributed by atoms with Crippen molar-refractivity contribution >= 4 is 18.5 Å². The minimum atomic E-state index is -0.00246. The summed E-state index contributed by atoms with van der Waals surface area (Å²) >= 11 is 4.28. The number of rotatable bonds is 3. The number of hydrogen-bond acceptors (Lipinski definition) is 4. The number of nitrogens with zero attached hydrogens (tertiary/aromatic N) is 3. The third kappa shape index (κ3) is 2.49. The molecule has 1 N–H and O–H groups in total. The second-order valence-electron chi connectivity index (χ2n) is 5.86. The maximum Gasteiger partial charge on any atom is 0.251 e. The van der Waals surface area contributed by atoms with Crippen LogP contribution in [0.3, 0.4) is 0 Å². The van der Waals surface area contributed by atoms with Crippen LogP contribution in [0.1, 0.15) is 27.3 Å². The number of nitrogens with one attached hydrogen (secondary N) is 1. The molecule has 0 atom stereocenters. The van der Waals surface area contributed by atoms with Crippen molar-refractivity contribution < 1.29 is 4.79 Å². The van der Waals surface area contributed by atoms with Gasteiger partial charge in [-0.25, -0.2) is 0 Å². The topological polar surface area (TPSA) is 59.8 Å². The predicted molar refractivity (Wildman–Crippen MR) is 94.1 cm³/mol. The van der Waals surface area contributed by atoms with Crippen LogP contribution < -0.4 is 5.32 Å². The average molecular weight is 336 g/mol. The first-order valence-electron chi connectivity index (χ1n) is 7.70. The molecule has 2 aromatic carbocycles. The number of carbonyl (C=O) groups excluding carboxylic acids is 1. The minimum Gasteiger partial charge on any atom is -0.348 e. The monoisotopic (exact) mass is 336 g/mol. The molecule has 1 aliphatic rings. The molecule has 5 nitrogen and oxygen atoms in total. The largest absolute Gasteiger partial charge is 0.348 e. The predicted octanol–water partition coefficient (Wildman–Crippen LogP) is 2.61. The van der Waals surface area contributed by atoms with Crippen molar-refractivity contribution in [3.05, 3.63) is 65.0 Å². The Bertz CT molecular complexity index is 948. The molecule has 120 valence electrons. The second-order valence-corrected chi connectivity index (χ2v) is 6.26. The van der Waals surface area contributed by atoms with Gasteiger partial charge < -0.3 is 9.88 Å². The molecule has 2 heterocycles.